The van der Waals surface area contributed by atoms with Gasteiger partial charge >= 0.3 is 7.12 Å². The number of rotatable bonds is 4. The summed E-state index contributed by atoms with van der Waals surface area (Å²) in [7, 11) is 1.47. The van der Waals surface area contributed by atoms with Gasteiger partial charge in [-0.1, -0.05) is 12.1 Å². The third-order valence-corrected chi connectivity index (χ3v) is 3.44. The van der Waals surface area contributed by atoms with Crippen molar-refractivity contribution in [3.05, 3.63) is 12.1 Å². The molecule has 4 heteroatoms. The summed E-state index contributed by atoms with van der Waals surface area (Å²) in [5.74, 6) is 1.96. The second-order valence-electron chi connectivity index (χ2n) is 5.33. The lowest BCUT2D eigenvalue weighted by Crippen LogP contribution is -2.41. The van der Waals surface area contributed by atoms with E-state index in [0.717, 1.165) is 6.42 Å². The third-order valence-electron chi connectivity index (χ3n) is 3.44. The van der Waals surface area contributed by atoms with Crippen molar-refractivity contribution < 1.29 is 14.0 Å². The zero-order valence-electron chi connectivity index (χ0n) is 11.2. The highest BCUT2D eigenvalue weighted by Gasteiger charge is 2.49. The molecule has 1 atom stereocenters. The zero-order chi connectivity index (χ0) is 12.4. The smallest absolute Gasteiger partial charge is 0.400 e. The van der Waals surface area contributed by atoms with E-state index < -0.39 is 0 Å². The molecule has 0 amide bonds. The van der Waals surface area contributed by atoms with Crippen LogP contribution in [0.5, 0.6) is 0 Å². The summed E-state index contributed by atoms with van der Waals surface area (Å²) < 4.78 is 16.8. The lowest BCUT2D eigenvalue weighted by Gasteiger charge is -2.32. The Labute approximate surface area is 99.3 Å². The highest BCUT2D eigenvalue weighted by atomic mass is 16.7. The third kappa shape index (κ3) is 3.09. The molecule has 0 saturated carbocycles. The van der Waals surface area contributed by atoms with E-state index in [0.29, 0.717) is 0 Å². The Morgan fingerprint density at radius 3 is 2.12 bits per heavy atom. The molecule has 3 nitrogen and oxygen atoms in total. The Hall–Kier alpha value is -0.315. The van der Waals surface area contributed by atoms with Crippen LogP contribution in [0.4, 0.5) is 0 Å². The fraction of sp³-hybridized carbons (Fsp3) is 0.833. The summed E-state index contributed by atoms with van der Waals surface area (Å²) in [5, 5.41) is 0. The van der Waals surface area contributed by atoms with Gasteiger partial charge in [0.05, 0.1) is 17.3 Å². The van der Waals surface area contributed by atoms with Crippen LogP contribution in [0.1, 0.15) is 41.0 Å². The van der Waals surface area contributed by atoms with Gasteiger partial charge in [0.2, 0.25) is 0 Å². The molecule has 16 heavy (non-hydrogen) atoms. The summed E-state index contributed by atoms with van der Waals surface area (Å²) in [6, 6.07) is 0. The second kappa shape index (κ2) is 4.90. The van der Waals surface area contributed by atoms with Crippen LogP contribution >= 0.6 is 0 Å². The predicted octanol–water partition coefficient (Wildman–Crippen LogP) is 2.60. The molecule has 92 valence electrons. The van der Waals surface area contributed by atoms with Gasteiger partial charge in [0.1, 0.15) is 0 Å². The molecule has 0 aromatic heterocycles. The maximum absolute atomic E-state index is 5.83. The molecule has 1 aliphatic heterocycles. The monoisotopic (exact) mass is 226 g/mol. The van der Waals surface area contributed by atoms with Crippen molar-refractivity contribution >= 4 is 7.12 Å². The Bertz CT molecular complexity index is 245. The van der Waals surface area contributed by atoms with E-state index in [1.807, 2.05) is 12.9 Å². The minimum absolute atomic E-state index is 0.235. The van der Waals surface area contributed by atoms with Gasteiger partial charge in [0.15, 0.2) is 0 Å². The Morgan fingerprint density at radius 1 is 1.19 bits per heavy atom. The van der Waals surface area contributed by atoms with E-state index in [2.05, 4.69) is 33.8 Å². The highest BCUT2D eigenvalue weighted by molar-refractivity contribution is 6.51. The molecule has 0 radical (unpaired) electrons. The fourth-order valence-electron chi connectivity index (χ4n) is 1.44. The van der Waals surface area contributed by atoms with Crippen LogP contribution in [-0.4, -0.2) is 31.5 Å². The van der Waals surface area contributed by atoms with E-state index in [1.165, 1.54) is 0 Å². The summed E-state index contributed by atoms with van der Waals surface area (Å²) in [4.78, 5) is 0. The first kappa shape index (κ1) is 13.7. The van der Waals surface area contributed by atoms with Gasteiger partial charge in [-0.15, -0.1) is 0 Å². The Balaban J connectivity index is 2.48. The van der Waals surface area contributed by atoms with Crippen molar-refractivity contribution in [1.82, 2.24) is 0 Å². The van der Waals surface area contributed by atoms with Gasteiger partial charge in [-0.3, -0.25) is 0 Å². The number of ether oxygens (including phenoxy) is 1. The van der Waals surface area contributed by atoms with E-state index in [9.17, 15) is 0 Å². The molecular weight excluding hydrogens is 203 g/mol. The van der Waals surface area contributed by atoms with Crippen LogP contribution in [0.3, 0.4) is 0 Å². The maximum atomic E-state index is 5.83. The van der Waals surface area contributed by atoms with Crippen molar-refractivity contribution in [3.8, 4) is 0 Å². The van der Waals surface area contributed by atoms with Crippen molar-refractivity contribution in [2.45, 2.75) is 58.3 Å². The minimum Gasteiger partial charge on any atom is -0.400 e. The minimum atomic E-state index is -0.255. The summed E-state index contributed by atoms with van der Waals surface area (Å²) >= 11 is 0. The van der Waals surface area contributed by atoms with Crippen LogP contribution in [0.2, 0.25) is 0 Å². The average molecular weight is 226 g/mol. The van der Waals surface area contributed by atoms with Crippen molar-refractivity contribution in [2.24, 2.45) is 0 Å². The van der Waals surface area contributed by atoms with Gasteiger partial charge in [-0.25, -0.2) is 0 Å². The lowest BCUT2D eigenvalue weighted by atomic mass is 9.89. The largest absolute Gasteiger partial charge is 0.486 e. The van der Waals surface area contributed by atoms with Gasteiger partial charge < -0.3 is 14.0 Å². The van der Waals surface area contributed by atoms with Gasteiger partial charge in [-0.05, 0) is 41.0 Å². The zero-order valence-corrected chi connectivity index (χ0v) is 11.2. The molecule has 1 unspecified atom stereocenters. The number of methoxy groups -OCH3 is 1. The van der Waals surface area contributed by atoms with Crippen LogP contribution in [0.15, 0.2) is 12.1 Å². The Morgan fingerprint density at radius 2 is 1.69 bits per heavy atom. The lowest BCUT2D eigenvalue weighted by molar-refractivity contribution is 0.00578. The summed E-state index contributed by atoms with van der Waals surface area (Å²) in [6.07, 6.45) is 3.16. The van der Waals surface area contributed by atoms with Crippen LogP contribution in [0.25, 0.3) is 0 Å². The van der Waals surface area contributed by atoms with Crippen molar-refractivity contribution in [1.29, 1.82) is 0 Å². The normalized spacial score (nSPS) is 25.2. The molecule has 0 bridgehead atoms. The van der Waals surface area contributed by atoms with Crippen molar-refractivity contribution in [2.75, 3.05) is 7.11 Å². The molecule has 0 spiro atoms. The van der Waals surface area contributed by atoms with Crippen LogP contribution in [0, 0.1) is 0 Å². The standard InChI is InChI=1S/C12H23BO3/c1-10(14-6)8-7-9-13-15-11(2,3)12(4,5)16-13/h7,9-10H,8H2,1-6H3/b9-7+. The van der Waals surface area contributed by atoms with E-state index >= 15 is 0 Å². The highest BCUT2D eigenvalue weighted by Crippen LogP contribution is 2.36. The van der Waals surface area contributed by atoms with Gasteiger partial charge in [-0.2, -0.15) is 0 Å². The quantitative estimate of drug-likeness (QED) is 0.689. The second-order valence-corrected chi connectivity index (χ2v) is 5.33. The molecule has 0 aliphatic carbocycles. The fourth-order valence-corrected chi connectivity index (χ4v) is 1.44. The molecular formula is C12H23BO3. The topological polar surface area (TPSA) is 27.7 Å². The van der Waals surface area contributed by atoms with Crippen LogP contribution < -0.4 is 0 Å². The SMILES string of the molecule is COC(C)C/C=C/B1OC(C)(C)C(C)(C)O1. The summed E-state index contributed by atoms with van der Waals surface area (Å²) in [5.41, 5.74) is -0.510. The van der Waals surface area contributed by atoms with Crippen molar-refractivity contribution in [3.63, 3.8) is 0 Å². The average Bonchev–Trinajstić information content (AvgIpc) is 2.35. The first-order valence-corrected chi connectivity index (χ1v) is 5.83. The molecule has 0 aromatic carbocycles. The number of hydrogen-bond donors (Lipinski definition) is 0. The van der Waals surface area contributed by atoms with Gasteiger partial charge in [0, 0.05) is 7.11 Å². The molecule has 1 fully saturated rings. The first-order valence-electron chi connectivity index (χ1n) is 5.83. The first-order chi connectivity index (χ1) is 7.28. The molecule has 1 aliphatic rings. The Kier molecular flexibility index (Phi) is 4.21. The van der Waals surface area contributed by atoms with E-state index in [-0.39, 0.29) is 24.4 Å². The molecule has 0 aromatic rings. The maximum Gasteiger partial charge on any atom is 0.486 e. The molecule has 1 heterocycles. The molecule has 0 N–H and O–H groups in total. The van der Waals surface area contributed by atoms with E-state index in [1.54, 1.807) is 7.11 Å². The number of hydrogen-bond acceptors (Lipinski definition) is 3. The van der Waals surface area contributed by atoms with Gasteiger partial charge in [0.25, 0.3) is 0 Å². The summed E-state index contributed by atoms with van der Waals surface area (Å²) in [6.45, 7) is 10.3. The van der Waals surface area contributed by atoms with Crippen LogP contribution in [-0.2, 0) is 14.0 Å². The van der Waals surface area contributed by atoms with E-state index in [4.69, 9.17) is 14.0 Å². The molecule has 1 saturated heterocycles. The molecule has 1 rings (SSSR count). The predicted molar refractivity (Wildman–Crippen MR) is 66.3 cm³/mol.